The Bertz CT molecular complexity index is 609. The Hall–Kier alpha value is -2.61. The van der Waals surface area contributed by atoms with Gasteiger partial charge in [-0.05, 0) is 12.1 Å². The van der Waals surface area contributed by atoms with Gasteiger partial charge in [0, 0.05) is 11.5 Å². The summed E-state index contributed by atoms with van der Waals surface area (Å²) in [6, 6.07) is 12.1. The molecule has 5 nitrogen and oxygen atoms in total. The zero-order chi connectivity index (χ0) is 12.7. The number of aliphatic carboxylic acids is 1. The van der Waals surface area contributed by atoms with E-state index in [0.717, 1.165) is 5.39 Å². The Morgan fingerprint density at radius 2 is 2.00 bits per heavy atom. The Kier molecular flexibility index (Phi) is 4.45. The van der Waals surface area contributed by atoms with E-state index in [-0.39, 0.29) is 5.63 Å². The first kappa shape index (κ1) is 12.5. The number of para-hydroxylation sites is 1. The molecule has 0 radical (unpaired) electrons. The Labute approximate surface area is 96.5 Å². The molecule has 0 bridgehead atoms. The predicted octanol–water partition coefficient (Wildman–Crippen LogP) is 1.78. The van der Waals surface area contributed by atoms with Gasteiger partial charge in [-0.2, -0.15) is 5.26 Å². The van der Waals surface area contributed by atoms with E-state index < -0.39 is 12.4 Å². The Morgan fingerprint density at radius 1 is 1.29 bits per heavy atom. The van der Waals surface area contributed by atoms with E-state index in [1.165, 1.54) is 12.1 Å². The lowest BCUT2D eigenvalue weighted by molar-refractivity contribution is -0.135. The van der Waals surface area contributed by atoms with Crippen molar-refractivity contribution in [2.24, 2.45) is 0 Å². The van der Waals surface area contributed by atoms with Crippen LogP contribution < -0.4 is 5.63 Å². The third-order valence-corrected chi connectivity index (χ3v) is 1.76. The van der Waals surface area contributed by atoms with Gasteiger partial charge in [0.25, 0.3) is 0 Å². The minimum absolute atomic E-state index is 0.302. The zero-order valence-electron chi connectivity index (χ0n) is 8.79. The topological polar surface area (TPSA) is 91.3 Å². The Balaban J connectivity index is 0.000000209. The fourth-order valence-electron chi connectivity index (χ4n) is 1.08. The lowest BCUT2D eigenvalue weighted by Crippen LogP contribution is -1.93. The quantitative estimate of drug-likeness (QED) is 0.755. The molecule has 0 unspecified atom stereocenters. The number of nitriles is 1. The van der Waals surface area contributed by atoms with Crippen molar-refractivity contribution in [1.82, 2.24) is 0 Å². The van der Waals surface area contributed by atoms with Crippen LogP contribution in [0.15, 0.2) is 45.6 Å². The summed E-state index contributed by atoms with van der Waals surface area (Å²) in [4.78, 5) is 20.1. The SMILES string of the molecule is N#CCC(=O)O.O=c1ccc2ccccc2o1. The number of fused-ring (bicyclic) bond motifs is 1. The average molecular weight is 231 g/mol. The van der Waals surface area contributed by atoms with Crippen molar-refractivity contribution in [2.75, 3.05) is 0 Å². The van der Waals surface area contributed by atoms with Gasteiger partial charge in [-0.25, -0.2) is 4.79 Å². The van der Waals surface area contributed by atoms with E-state index in [0.29, 0.717) is 5.58 Å². The minimum Gasteiger partial charge on any atom is -0.480 e. The second-order valence-corrected chi connectivity index (χ2v) is 3.02. The molecular weight excluding hydrogens is 222 g/mol. The van der Waals surface area contributed by atoms with Gasteiger partial charge < -0.3 is 9.52 Å². The van der Waals surface area contributed by atoms with Gasteiger partial charge >= 0.3 is 11.6 Å². The first-order chi connectivity index (χ1) is 8.13. The lowest BCUT2D eigenvalue weighted by atomic mass is 10.2. The van der Waals surface area contributed by atoms with E-state index in [1.54, 1.807) is 12.1 Å². The number of benzene rings is 1. The summed E-state index contributed by atoms with van der Waals surface area (Å²) < 4.78 is 4.91. The zero-order valence-corrected chi connectivity index (χ0v) is 8.79. The molecule has 0 fully saturated rings. The highest BCUT2D eigenvalue weighted by Crippen LogP contribution is 2.08. The first-order valence-electron chi connectivity index (χ1n) is 4.71. The predicted molar refractivity (Wildman–Crippen MR) is 60.3 cm³/mol. The molecule has 2 rings (SSSR count). The number of carboxylic acids is 1. The number of nitrogens with zero attached hydrogens (tertiary/aromatic N) is 1. The fourth-order valence-corrected chi connectivity index (χ4v) is 1.08. The number of hydrogen-bond donors (Lipinski definition) is 1. The van der Waals surface area contributed by atoms with Crippen LogP contribution in [-0.4, -0.2) is 11.1 Å². The molecule has 2 aromatic rings. The van der Waals surface area contributed by atoms with E-state index in [1.807, 2.05) is 18.2 Å². The van der Waals surface area contributed by atoms with Crippen molar-refractivity contribution in [3.63, 3.8) is 0 Å². The fraction of sp³-hybridized carbons (Fsp3) is 0.0833. The number of hydrogen-bond acceptors (Lipinski definition) is 4. The van der Waals surface area contributed by atoms with E-state index >= 15 is 0 Å². The second kappa shape index (κ2) is 6.08. The normalized spacial score (nSPS) is 8.88. The van der Waals surface area contributed by atoms with Crippen molar-refractivity contribution >= 4 is 16.9 Å². The maximum Gasteiger partial charge on any atom is 0.336 e. The van der Waals surface area contributed by atoms with Gasteiger partial charge in [-0.15, -0.1) is 0 Å². The van der Waals surface area contributed by atoms with Gasteiger partial charge in [-0.3, -0.25) is 4.79 Å². The highest BCUT2D eigenvalue weighted by atomic mass is 16.4. The molecule has 17 heavy (non-hydrogen) atoms. The van der Waals surface area contributed by atoms with Crippen LogP contribution in [0.1, 0.15) is 6.42 Å². The summed E-state index contributed by atoms with van der Waals surface area (Å²) >= 11 is 0. The van der Waals surface area contributed by atoms with Crippen molar-refractivity contribution in [3.05, 3.63) is 46.8 Å². The van der Waals surface area contributed by atoms with Crippen LogP contribution in [0.3, 0.4) is 0 Å². The molecular formula is C12H9NO4. The Morgan fingerprint density at radius 3 is 2.59 bits per heavy atom. The molecule has 5 heteroatoms. The highest BCUT2D eigenvalue weighted by Gasteiger charge is 1.92. The molecule has 0 aliphatic heterocycles. The molecule has 0 amide bonds. The van der Waals surface area contributed by atoms with Crippen molar-refractivity contribution < 1.29 is 14.3 Å². The molecule has 1 heterocycles. The number of carbonyl (C=O) groups is 1. The highest BCUT2D eigenvalue weighted by molar-refractivity contribution is 5.75. The molecule has 0 saturated heterocycles. The van der Waals surface area contributed by atoms with Crippen LogP contribution in [-0.2, 0) is 4.79 Å². The van der Waals surface area contributed by atoms with Crippen LogP contribution in [0.25, 0.3) is 11.0 Å². The summed E-state index contributed by atoms with van der Waals surface area (Å²) in [5.41, 5.74) is 0.337. The van der Waals surface area contributed by atoms with Crippen LogP contribution in [0.2, 0.25) is 0 Å². The van der Waals surface area contributed by atoms with E-state index in [2.05, 4.69) is 0 Å². The molecule has 1 aromatic carbocycles. The lowest BCUT2D eigenvalue weighted by Gasteiger charge is -1.91. The van der Waals surface area contributed by atoms with Gasteiger partial charge in [0.15, 0.2) is 0 Å². The van der Waals surface area contributed by atoms with E-state index in [4.69, 9.17) is 14.8 Å². The van der Waals surface area contributed by atoms with Crippen LogP contribution >= 0.6 is 0 Å². The van der Waals surface area contributed by atoms with Gasteiger partial charge in [0.1, 0.15) is 12.0 Å². The summed E-state index contributed by atoms with van der Waals surface area (Å²) in [5.74, 6) is -1.07. The molecule has 0 aliphatic rings. The third-order valence-electron chi connectivity index (χ3n) is 1.76. The molecule has 86 valence electrons. The van der Waals surface area contributed by atoms with Crippen molar-refractivity contribution in [3.8, 4) is 6.07 Å². The largest absolute Gasteiger partial charge is 0.480 e. The summed E-state index contributed by atoms with van der Waals surface area (Å²) in [6.45, 7) is 0. The number of carboxylic acid groups (broad SMARTS) is 1. The van der Waals surface area contributed by atoms with Gasteiger partial charge in [0.05, 0.1) is 6.07 Å². The standard InChI is InChI=1S/C9H6O2.C3H3NO2/c10-9-6-5-7-3-1-2-4-8(7)11-9;4-2-1-3(5)6/h1-6H;1H2,(H,5,6). The summed E-state index contributed by atoms with van der Waals surface area (Å²) in [6.07, 6.45) is -0.403. The van der Waals surface area contributed by atoms with Gasteiger partial charge in [0.2, 0.25) is 0 Å². The second-order valence-electron chi connectivity index (χ2n) is 3.02. The molecule has 0 aliphatic carbocycles. The number of rotatable bonds is 1. The molecule has 0 spiro atoms. The maximum absolute atomic E-state index is 10.7. The van der Waals surface area contributed by atoms with E-state index in [9.17, 15) is 9.59 Å². The smallest absolute Gasteiger partial charge is 0.336 e. The monoisotopic (exact) mass is 231 g/mol. The third kappa shape index (κ3) is 4.18. The van der Waals surface area contributed by atoms with Gasteiger partial charge in [-0.1, -0.05) is 18.2 Å². The molecule has 1 N–H and O–H groups in total. The van der Waals surface area contributed by atoms with Crippen molar-refractivity contribution in [1.29, 1.82) is 5.26 Å². The molecule has 0 atom stereocenters. The minimum atomic E-state index is -1.07. The molecule has 0 saturated carbocycles. The van der Waals surface area contributed by atoms with Crippen LogP contribution in [0.4, 0.5) is 0 Å². The first-order valence-corrected chi connectivity index (χ1v) is 4.71. The van der Waals surface area contributed by atoms with Crippen LogP contribution in [0, 0.1) is 11.3 Å². The van der Waals surface area contributed by atoms with Crippen LogP contribution in [0.5, 0.6) is 0 Å². The summed E-state index contributed by atoms with van der Waals surface area (Å²) in [7, 11) is 0. The van der Waals surface area contributed by atoms with Crippen molar-refractivity contribution in [2.45, 2.75) is 6.42 Å². The average Bonchev–Trinajstić information content (AvgIpc) is 2.29. The summed E-state index contributed by atoms with van der Waals surface area (Å²) in [5, 5.41) is 16.2. The molecule has 1 aromatic heterocycles. The maximum atomic E-state index is 10.7.